The van der Waals surface area contributed by atoms with Crippen molar-refractivity contribution in [2.75, 3.05) is 13.2 Å². The van der Waals surface area contributed by atoms with E-state index in [-0.39, 0.29) is 13.2 Å². The van der Waals surface area contributed by atoms with Crippen molar-refractivity contribution in [2.24, 2.45) is 0 Å². The Labute approximate surface area is 80.1 Å². The largest absolute Gasteiger partial charge is 0.506 e. The lowest BCUT2D eigenvalue weighted by atomic mass is 10.4. The van der Waals surface area contributed by atoms with Gasteiger partial charge in [-0.1, -0.05) is 12.2 Å². The van der Waals surface area contributed by atoms with Crippen LogP contribution in [0.5, 0.6) is 0 Å². The zero-order valence-electron chi connectivity index (χ0n) is 7.25. The molecule has 0 heterocycles. The SMILES string of the molecule is O=C(O)OCC=CC=CCOC(=O)O. The van der Waals surface area contributed by atoms with Gasteiger partial charge in [0.25, 0.3) is 0 Å². The third kappa shape index (κ3) is 10.0. The first-order valence-electron chi connectivity index (χ1n) is 3.66. The van der Waals surface area contributed by atoms with Crippen molar-refractivity contribution in [3.05, 3.63) is 24.3 Å². The molecule has 0 saturated carbocycles. The Morgan fingerprint density at radius 2 is 1.29 bits per heavy atom. The summed E-state index contributed by atoms with van der Waals surface area (Å²) in [5.41, 5.74) is 0. The molecule has 6 heteroatoms. The standard InChI is InChI=1S/C8H10O6/c9-7(10)13-5-3-1-2-4-6-14-8(11)12/h1-4H,5-6H2,(H,9,10)(H,11,12). The Hall–Kier alpha value is -1.98. The molecule has 0 aliphatic carbocycles. The summed E-state index contributed by atoms with van der Waals surface area (Å²) in [4.78, 5) is 19.7. The van der Waals surface area contributed by atoms with E-state index < -0.39 is 12.3 Å². The minimum Gasteiger partial charge on any atom is -0.450 e. The minimum absolute atomic E-state index is 0.0422. The van der Waals surface area contributed by atoms with E-state index in [0.717, 1.165) is 0 Å². The molecule has 0 unspecified atom stereocenters. The molecule has 0 saturated heterocycles. The van der Waals surface area contributed by atoms with Gasteiger partial charge in [-0.25, -0.2) is 9.59 Å². The van der Waals surface area contributed by atoms with Crippen LogP contribution in [0.15, 0.2) is 24.3 Å². The fourth-order valence-electron chi connectivity index (χ4n) is 0.507. The van der Waals surface area contributed by atoms with Gasteiger partial charge < -0.3 is 19.7 Å². The summed E-state index contributed by atoms with van der Waals surface area (Å²) in [5, 5.41) is 16.1. The number of hydrogen-bond donors (Lipinski definition) is 2. The third-order valence-electron chi connectivity index (χ3n) is 0.989. The molecular weight excluding hydrogens is 192 g/mol. The highest BCUT2D eigenvalue weighted by Crippen LogP contribution is 1.83. The quantitative estimate of drug-likeness (QED) is 0.518. The lowest BCUT2D eigenvalue weighted by Gasteiger charge is -1.92. The van der Waals surface area contributed by atoms with Crippen LogP contribution in [-0.4, -0.2) is 35.7 Å². The molecule has 14 heavy (non-hydrogen) atoms. The predicted molar refractivity (Wildman–Crippen MR) is 46.2 cm³/mol. The molecule has 0 spiro atoms. The lowest BCUT2D eigenvalue weighted by molar-refractivity contribution is 0.100. The van der Waals surface area contributed by atoms with Gasteiger partial charge in [-0.05, 0) is 12.2 Å². The molecule has 0 fully saturated rings. The van der Waals surface area contributed by atoms with Crippen LogP contribution in [-0.2, 0) is 9.47 Å². The van der Waals surface area contributed by atoms with E-state index in [9.17, 15) is 9.59 Å². The topological polar surface area (TPSA) is 93.1 Å². The molecule has 2 N–H and O–H groups in total. The second kappa shape index (κ2) is 7.66. The monoisotopic (exact) mass is 202 g/mol. The van der Waals surface area contributed by atoms with E-state index in [2.05, 4.69) is 9.47 Å². The van der Waals surface area contributed by atoms with Crippen molar-refractivity contribution in [1.82, 2.24) is 0 Å². The van der Waals surface area contributed by atoms with Crippen LogP contribution < -0.4 is 0 Å². The van der Waals surface area contributed by atoms with Gasteiger partial charge >= 0.3 is 12.3 Å². The number of carboxylic acid groups (broad SMARTS) is 2. The first-order valence-corrected chi connectivity index (χ1v) is 3.66. The van der Waals surface area contributed by atoms with E-state index in [1.165, 1.54) is 24.3 Å². The smallest absolute Gasteiger partial charge is 0.450 e. The molecule has 78 valence electrons. The number of rotatable bonds is 5. The van der Waals surface area contributed by atoms with Gasteiger partial charge in [-0.15, -0.1) is 0 Å². The summed E-state index contributed by atoms with van der Waals surface area (Å²) in [6, 6.07) is 0. The Morgan fingerprint density at radius 3 is 1.57 bits per heavy atom. The third-order valence-corrected chi connectivity index (χ3v) is 0.989. The highest BCUT2D eigenvalue weighted by Gasteiger charge is 1.90. The van der Waals surface area contributed by atoms with Crippen LogP contribution >= 0.6 is 0 Å². The second-order valence-corrected chi connectivity index (χ2v) is 2.01. The fraction of sp³-hybridized carbons (Fsp3) is 0.250. The number of ether oxygens (including phenoxy) is 2. The van der Waals surface area contributed by atoms with Crippen LogP contribution in [0.1, 0.15) is 0 Å². The Balaban J connectivity index is 3.41. The molecule has 0 aromatic carbocycles. The average Bonchev–Trinajstić information content (AvgIpc) is 2.08. The molecule has 0 aliphatic heterocycles. The molecule has 0 amide bonds. The molecule has 0 aromatic heterocycles. The van der Waals surface area contributed by atoms with Gasteiger partial charge in [0.1, 0.15) is 13.2 Å². The predicted octanol–water partition coefficient (Wildman–Crippen LogP) is 1.49. The lowest BCUT2D eigenvalue weighted by Crippen LogP contribution is -1.99. The first-order chi connectivity index (χ1) is 6.63. The Morgan fingerprint density at radius 1 is 0.929 bits per heavy atom. The van der Waals surface area contributed by atoms with Crippen molar-refractivity contribution < 1.29 is 29.3 Å². The van der Waals surface area contributed by atoms with E-state index in [1.54, 1.807) is 0 Å². The molecule has 0 aromatic rings. The van der Waals surface area contributed by atoms with Crippen molar-refractivity contribution in [1.29, 1.82) is 0 Å². The summed E-state index contributed by atoms with van der Waals surface area (Å²) in [5.74, 6) is 0. The van der Waals surface area contributed by atoms with Gasteiger partial charge in [0.2, 0.25) is 0 Å². The molecule has 0 bridgehead atoms. The van der Waals surface area contributed by atoms with Gasteiger partial charge in [0.15, 0.2) is 0 Å². The maximum absolute atomic E-state index is 9.85. The van der Waals surface area contributed by atoms with Gasteiger partial charge in [0.05, 0.1) is 0 Å². The summed E-state index contributed by atoms with van der Waals surface area (Å²) < 4.78 is 8.31. The molecule has 0 aliphatic rings. The van der Waals surface area contributed by atoms with E-state index in [1.807, 2.05) is 0 Å². The van der Waals surface area contributed by atoms with E-state index in [0.29, 0.717) is 0 Å². The number of hydrogen-bond acceptors (Lipinski definition) is 4. The normalized spacial score (nSPS) is 10.6. The summed E-state index contributed by atoms with van der Waals surface area (Å²) >= 11 is 0. The van der Waals surface area contributed by atoms with Gasteiger partial charge in [-0.2, -0.15) is 0 Å². The fourth-order valence-corrected chi connectivity index (χ4v) is 0.507. The summed E-state index contributed by atoms with van der Waals surface area (Å²) in [7, 11) is 0. The average molecular weight is 202 g/mol. The maximum Gasteiger partial charge on any atom is 0.506 e. The first kappa shape index (κ1) is 12.0. The number of carbonyl (C=O) groups is 2. The number of allylic oxidation sites excluding steroid dienone is 2. The van der Waals surface area contributed by atoms with Crippen LogP contribution in [0.4, 0.5) is 9.59 Å². The maximum atomic E-state index is 9.85. The minimum atomic E-state index is -1.34. The zero-order valence-corrected chi connectivity index (χ0v) is 7.25. The zero-order chi connectivity index (χ0) is 10.8. The van der Waals surface area contributed by atoms with Crippen molar-refractivity contribution in [3.63, 3.8) is 0 Å². The van der Waals surface area contributed by atoms with Crippen LogP contribution in [0, 0.1) is 0 Å². The highest BCUT2D eigenvalue weighted by atomic mass is 16.7. The second-order valence-electron chi connectivity index (χ2n) is 2.01. The van der Waals surface area contributed by atoms with Crippen LogP contribution in [0.2, 0.25) is 0 Å². The molecule has 0 rings (SSSR count). The van der Waals surface area contributed by atoms with Crippen LogP contribution in [0.3, 0.4) is 0 Å². The van der Waals surface area contributed by atoms with Gasteiger partial charge in [0, 0.05) is 0 Å². The molecule has 0 atom stereocenters. The van der Waals surface area contributed by atoms with Crippen molar-refractivity contribution >= 4 is 12.3 Å². The molecule has 6 nitrogen and oxygen atoms in total. The Kier molecular flexibility index (Phi) is 6.57. The molecule has 0 radical (unpaired) electrons. The van der Waals surface area contributed by atoms with Gasteiger partial charge in [-0.3, -0.25) is 0 Å². The van der Waals surface area contributed by atoms with E-state index in [4.69, 9.17) is 10.2 Å². The van der Waals surface area contributed by atoms with E-state index >= 15 is 0 Å². The van der Waals surface area contributed by atoms with Crippen LogP contribution in [0.25, 0.3) is 0 Å². The molecular formula is C8H10O6. The summed E-state index contributed by atoms with van der Waals surface area (Å²) in [6.07, 6.45) is 3.29. The summed E-state index contributed by atoms with van der Waals surface area (Å²) in [6.45, 7) is -0.0844. The van der Waals surface area contributed by atoms with Crippen molar-refractivity contribution in [3.8, 4) is 0 Å². The van der Waals surface area contributed by atoms with Crippen molar-refractivity contribution in [2.45, 2.75) is 0 Å². The highest BCUT2D eigenvalue weighted by molar-refractivity contribution is 5.57. The Bertz CT molecular complexity index is 216.